The van der Waals surface area contributed by atoms with Crippen LogP contribution >= 0.6 is 0 Å². The maximum Gasteiger partial charge on any atom is 0.317 e. The highest BCUT2D eigenvalue weighted by atomic mass is 16.5. The van der Waals surface area contributed by atoms with Gasteiger partial charge in [0.15, 0.2) is 0 Å². The van der Waals surface area contributed by atoms with Crippen molar-refractivity contribution in [3.05, 3.63) is 48.3 Å². The highest BCUT2D eigenvalue weighted by Gasteiger charge is 2.44. The number of hydrogen-bond donors (Lipinski definition) is 1. The molecule has 1 aliphatic carbocycles. The number of anilines is 1. The number of amides is 2. The van der Waals surface area contributed by atoms with Crippen molar-refractivity contribution in [1.29, 1.82) is 0 Å². The van der Waals surface area contributed by atoms with E-state index >= 15 is 0 Å². The molecule has 0 bridgehead atoms. The number of carbonyl (C=O) groups excluding carboxylic acids is 1. The number of rotatable bonds is 5. The van der Waals surface area contributed by atoms with Crippen LogP contribution in [0.1, 0.15) is 18.4 Å². The third kappa shape index (κ3) is 3.82. The first kappa shape index (κ1) is 17.6. The minimum Gasteiger partial charge on any atom is -0.497 e. The molecular weight excluding hydrogens is 342 g/mol. The summed E-state index contributed by atoms with van der Waals surface area (Å²) >= 11 is 0. The van der Waals surface area contributed by atoms with Crippen molar-refractivity contribution in [3.63, 3.8) is 0 Å². The van der Waals surface area contributed by atoms with Crippen LogP contribution in [0.15, 0.2) is 42.7 Å². The van der Waals surface area contributed by atoms with Crippen LogP contribution in [0.25, 0.3) is 0 Å². The van der Waals surface area contributed by atoms with E-state index in [-0.39, 0.29) is 11.4 Å². The summed E-state index contributed by atoms with van der Waals surface area (Å²) in [5.41, 5.74) is 1.36. The van der Waals surface area contributed by atoms with Crippen LogP contribution in [-0.2, 0) is 5.41 Å². The number of nitrogens with zero attached hydrogens (tertiary/aromatic N) is 4. The Bertz CT molecular complexity index is 769. The van der Waals surface area contributed by atoms with Crippen LogP contribution < -0.4 is 15.0 Å². The summed E-state index contributed by atoms with van der Waals surface area (Å²) in [6, 6.07) is 10.0. The molecule has 1 aromatic carbocycles. The van der Waals surface area contributed by atoms with Crippen molar-refractivity contribution in [2.24, 2.45) is 0 Å². The summed E-state index contributed by atoms with van der Waals surface area (Å²) in [6.07, 6.45) is 5.71. The zero-order valence-corrected chi connectivity index (χ0v) is 15.6. The summed E-state index contributed by atoms with van der Waals surface area (Å²) in [4.78, 5) is 25.1. The van der Waals surface area contributed by atoms with Gasteiger partial charge in [0.1, 0.15) is 5.75 Å². The Labute approximate surface area is 159 Å². The van der Waals surface area contributed by atoms with Gasteiger partial charge in [0.05, 0.1) is 7.11 Å². The summed E-state index contributed by atoms with van der Waals surface area (Å²) in [7, 11) is 1.67. The molecule has 1 saturated carbocycles. The van der Waals surface area contributed by atoms with Crippen LogP contribution in [-0.4, -0.2) is 60.7 Å². The zero-order chi connectivity index (χ0) is 18.7. The van der Waals surface area contributed by atoms with E-state index in [4.69, 9.17) is 4.74 Å². The number of nitrogens with one attached hydrogen (secondary N) is 1. The Morgan fingerprint density at radius 3 is 2.37 bits per heavy atom. The van der Waals surface area contributed by atoms with Gasteiger partial charge < -0.3 is 19.9 Å². The average Bonchev–Trinajstić information content (AvgIpc) is 3.54. The molecule has 1 aliphatic heterocycles. The minimum absolute atomic E-state index is 0.0171. The molecule has 2 heterocycles. The van der Waals surface area contributed by atoms with Gasteiger partial charge in [-0.2, -0.15) is 0 Å². The smallest absolute Gasteiger partial charge is 0.317 e. The molecule has 7 heteroatoms. The van der Waals surface area contributed by atoms with E-state index in [2.05, 4.69) is 32.3 Å². The third-order valence-corrected chi connectivity index (χ3v) is 5.54. The van der Waals surface area contributed by atoms with E-state index in [9.17, 15) is 4.79 Å². The zero-order valence-electron chi connectivity index (χ0n) is 15.6. The van der Waals surface area contributed by atoms with Gasteiger partial charge in [-0.1, -0.05) is 12.1 Å². The second-order valence-electron chi connectivity index (χ2n) is 7.19. The number of carbonyl (C=O) groups is 1. The van der Waals surface area contributed by atoms with Crippen LogP contribution in [0.2, 0.25) is 0 Å². The van der Waals surface area contributed by atoms with Gasteiger partial charge in [-0.05, 0) is 36.6 Å². The first-order chi connectivity index (χ1) is 13.2. The fourth-order valence-electron chi connectivity index (χ4n) is 3.58. The maximum absolute atomic E-state index is 12.6. The van der Waals surface area contributed by atoms with Crippen molar-refractivity contribution in [2.75, 3.05) is 44.7 Å². The first-order valence-electron chi connectivity index (χ1n) is 9.39. The standard InChI is InChI=1S/C20H25N5O2/c1-27-17-5-3-16(4-6-17)20(7-8-20)15-23-19(26)25-13-11-24(12-14-25)18-21-9-2-10-22-18/h2-6,9-10H,7-8,11-15H2,1H3,(H,23,26). The van der Waals surface area contributed by atoms with Gasteiger partial charge in [0, 0.05) is 50.5 Å². The number of hydrogen-bond acceptors (Lipinski definition) is 5. The summed E-state index contributed by atoms with van der Waals surface area (Å²) in [5.74, 6) is 1.59. The molecule has 1 aromatic heterocycles. The SMILES string of the molecule is COc1ccc(C2(CNC(=O)N3CCN(c4ncccn4)CC3)CC2)cc1. The van der Waals surface area contributed by atoms with Gasteiger partial charge in [0.25, 0.3) is 0 Å². The predicted molar refractivity (Wildman–Crippen MR) is 103 cm³/mol. The molecule has 0 radical (unpaired) electrons. The molecule has 27 heavy (non-hydrogen) atoms. The Balaban J connectivity index is 1.28. The lowest BCUT2D eigenvalue weighted by Crippen LogP contribution is -2.53. The molecule has 1 saturated heterocycles. The molecule has 2 amide bonds. The number of ether oxygens (including phenoxy) is 1. The van der Waals surface area contributed by atoms with Crippen LogP contribution in [0.3, 0.4) is 0 Å². The lowest BCUT2D eigenvalue weighted by molar-refractivity contribution is 0.193. The largest absolute Gasteiger partial charge is 0.497 e. The molecule has 1 N–H and O–H groups in total. The predicted octanol–water partition coefficient (Wildman–Crippen LogP) is 2.05. The van der Waals surface area contributed by atoms with E-state index < -0.39 is 0 Å². The van der Waals surface area contributed by atoms with Crippen LogP contribution in [0.4, 0.5) is 10.7 Å². The molecule has 142 valence electrons. The normalized spacial score (nSPS) is 18.1. The van der Waals surface area contributed by atoms with Crippen LogP contribution in [0.5, 0.6) is 5.75 Å². The Kier molecular flexibility index (Phi) is 4.83. The number of benzene rings is 1. The van der Waals surface area contributed by atoms with Gasteiger partial charge in [0.2, 0.25) is 5.95 Å². The molecule has 4 rings (SSSR count). The minimum atomic E-state index is 0.0171. The van der Waals surface area contributed by atoms with Gasteiger partial charge in [-0.15, -0.1) is 0 Å². The number of methoxy groups -OCH3 is 1. The first-order valence-corrected chi connectivity index (χ1v) is 9.39. The van der Waals surface area contributed by atoms with E-state index in [1.165, 1.54) is 5.56 Å². The molecule has 0 spiro atoms. The van der Waals surface area contributed by atoms with E-state index in [1.807, 2.05) is 23.1 Å². The molecule has 0 atom stereocenters. The third-order valence-electron chi connectivity index (χ3n) is 5.54. The molecule has 2 fully saturated rings. The van der Waals surface area contributed by atoms with Gasteiger partial charge in [-0.3, -0.25) is 0 Å². The summed E-state index contributed by atoms with van der Waals surface area (Å²) in [5, 5.41) is 3.14. The van der Waals surface area contributed by atoms with E-state index in [1.54, 1.807) is 19.5 Å². The second kappa shape index (κ2) is 7.42. The number of aromatic nitrogens is 2. The summed E-state index contributed by atoms with van der Waals surface area (Å²) in [6.45, 7) is 3.54. The maximum atomic E-state index is 12.6. The van der Waals surface area contributed by atoms with Crippen molar-refractivity contribution < 1.29 is 9.53 Å². The van der Waals surface area contributed by atoms with Crippen molar-refractivity contribution in [3.8, 4) is 5.75 Å². The fourth-order valence-corrected chi connectivity index (χ4v) is 3.58. The van der Waals surface area contributed by atoms with Gasteiger partial charge >= 0.3 is 6.03 Å². The fraction of sp³-hybridized carbons (Fsp3) is 0.450. The highest BCUT2D eigenvalue weighted by molar-refractivity contribution is 5.74. The summed E-state index contributed by atoms with van der Waals surface area (Å²) < 4.78 is 5.23. The number of urea groups is 1. The lowest BCUT2D eigenvalue weighted by Gasteiger charge is -2.35. The van der Waals surface area contributed by atoms with Crippen molar-refractivity contribution >= 4 is 12.0 Å². The quantitative estimate of drug-likeness (QED) is 0.876. The van der Waals surface area contributed by atoms with Gasteiger partial charge in [-0.25, -0.2) is 14.8 Å². The molecular formula is C20H25N5O2. The highest BCUT2D eigenvalue weighted by Crippen LogP contribution is 2.47. The van der Waals surface area contributed by atoms with Crippen LogP contribution in [0, 0.1) is 0 Å². The molecule has 2 aliphatic rings. The lowest BCUT2D eigenvalue weighted by atomic mass is 9.96. The molecule has 0 unspecified atom stereocenters. The van der Waals surface area contributed by atoms with Crippen molar-refractivity contribution in [2.45, 2.75) is 18.3 Å². The average molecular weight is 367 g/mol. The number of piperazine rings is 1. The molecule has 2 aromatic rings. The van der Waals surface area contributed by atoms with Crippen molar-refractivity contribution in [1.82, 2.24) is 20.2 Å². The monoisotopic (exact) mass is 367 g/mol. The second-order valence-corrected chi connectivity index (χ2v) is 7.19. The Morgan fingerprint density at radius 1 is 1.11 bits per heavy atom. The topological polar surface area (TPSA) is 70.6 Å². The van der Waals surface area contributed by atoms with E-state index in [0.29, 0.717) is 19.6 Å². The molecule has 7 nitrogen and oxygen atoms in total. The Hall–Kier alpha value is -2.83. The van der Waals surface area contributed by atoms with E-state index in [0.717, 1.165) is 37.6 Å². The Morgan fingerprint density at radius 2 is 1.78 bits per heavy atom.